The Hall–Kier alpha value is -2.66. The number of para-hydroxylation sites is 2. The van der Waals surface area contributed by atoms with Gasteiger partial charge in [0.25, 0.3) is 5.91 Å². The molecular formula is C25H36F3N5O3. The zero-order chi connectivity index (χ0) is 25.2. The number of amides is 2. The Kier molecular flexibility index (Phi) is 8.99. The van der Waals surface area contributed by atoms with E-state index in [1.54, 1.807) is 28.0 Å². The maximum Gasteiger partial charge on any atom is 0.406 e. The standard InChI is InChI=1S/C24H32F3N5O3.CH4/c1-16(2)14-31(18-11-17(12-28-13-18)22(33)30-7-9-35-10-8-30)23(34)21-29-19-5-3-4-6-20(19)32(21)15-24(25,26)27;/h3-6,16-18,28H,7-15H2,1-2H3;1H4/t17-,18+;/m1./s1. The number of piperidine rings is 1. The van der Waals surface area contributed by atoms with Crippen LogP contribution in [0.3, 0.4) is 0 Å². The summed E-state index contributed by atoms with van der Waals surface area (Å²) in [5.74, 6) is -0.999. The van der Waals surface area contributed by atoms with Crippen LogP contribution in [-0.2, 0) is 16.1 Å². The molecular weight excluding hydrogens is 475 g/mol. The average Bonchev–Trinajstić information content (AvgIpc) is 3.19. The molecule has 11 heteroatoms. The summed E-state index contributed by atoms with van der Waals surface area (Å²) in [6, 6.07) is 6.11. The zero-order valence-corrected chi connectivity index (χ0v) is 20.1. The van der Waals surface area contributed by atoms with E-state index in [4.69, 9.17) is 4.74 Å². The number of carbonyl (C=O) groups is 2. The summed E-state index contributed by atoms with van der Waals surface area (Å²) in [5.41, 5.74) is 0.603. The molecule has 1 N–H and O–H groups in total. The number of fused-ring (bicyclic) bond motifs is 1. The lowest BCUT2D eigenvalue weighted by Crippen LogP contribution is -2.56. The lowest BCUT2D eigenvalue weighted by Gasteiger charge is -2.40. The van der Waals surface area contributed by atoms with E-state index in [2.05, 4.69) is 10.3 Å². The van der Waals surface area contributed by atoms with Gasteiger partial charge in [-0.3, -0.25) is 9.59 Å². The summed E-state index contributed by atoms with van der Waals surface area (Å²) in [6.45, 7) is 5.99. The number of rotatable bonds is 6. The third-order valence-corrected chi connectivity index (χ3v) is 6.45. The molecule has 0 radical (unpaired) electrons. The lowest BCUT2D eigenvalue weighted by atomic mass is 9.92. The minimum Gasteiger partial charge on any atom is -0.378 e. The van der Waals surface area contributed by atoms with E-state index >= 15 is 0 Å². The molecule has 0 saturated carbocycles. The number of benzene rings is 1. The molecule has 1 aromatic carbocycles. The largest absolute Gasteiger partial charge is 0.406 e. The second-order valence-corrected chi connectivity index (χ2v) is 9.66. The normalized spacial score (nSPS) is 20.9. The van der Waals surface area contributed by atoms with Crippen molar-refractivity contribution in [2.45, 2.75) is 46.5 Å². The number of carbonyl (C=O) groups excluding carboxylic acids is 2. The van der Waals surface area contributed by atoms with E-state index in [-0.39, 0.29) is 42.6 Å². The maximum absolute atomic E-state index is 13.8. The molecule has 0 aliphatic carbocycles. The predicted molar refractivity (Wildman–Crippen MR) is 131 cm³/mol. The Labute approximate surface area is 209 Å². The Morgan fingerprint density at radius 3 is 2.56 bits per heavy atom. The van der Waals surface area contributed by atoms with Crippen LogP contribution < -0.4 is 5.32 Å². The number of hydrogen-bond acceptors (Lipinski definition) is 5. The van der Waals surface area contributed by atoms with E-state index in [9.17, 15) is 22.8 Å². The van der Waals surface area contributed by atoms with Crippen LogP contribution in [0.15, 0.2) is 24.3 Å². The highest BCUT2D eigenvalue weighted by Gasteiger charge is 2.38. The number of ether oxygens (including phenoxy) is 1. The molecule has 200 valence electrons. The van der Waals surface area contributed by atoms with Gasteiger partial charge >= 0.3 is 6.18 Å². The number of morpholine rings is 1. The third kappa shape index (κ3) is 6.36. The molecule has 2 aromatic rings. The minimum atomic E-state index is -4.51. The molecule has 1 aromatic heterocycles. The summed E-state index contributed by atoms with van der Waals surface area (Å²) in [4.78, 5) is 34.6. The van der Waals surface area contributed by atoms with Crippen molar-refractivity contribution in [2.75, 3.05) is 45.9 Å². The van der Waals surface area contributed by atoms with Crippen molar-refractivity contribution in [1.82, 2.24) is 24.7 Å². The topological polar surface area (TPSA) is 79.7 Å². The van der Waals surface area contributed by atoms with E-state index in [0.717, 1.165) is 4.57 Å². The van der Waals surface area contributed by atoms with Gasteiger partial charge in [0.15, 0.2) is 0 Å². The average molecular weight is 512 g/mol. The first-order valence-corrected chi connectivity index (χ1v) is 12.0. The number of halogens is 3. The smallest absolute Gasteiger partial charge is 0.378 e. The molecule has 2 aliphatic rings. The zero-order valence-electron chi connectivity index (χ0n) is 20.1. The molecule has 8 nitrogen and oxygen atoms in total. The molecule has 2 saturated heterocycles. The van der Waals surface area contributed by atoms with E-state index in [0.29, 0.717) is 57.9 Å². The molecule has 0 bridgehead atoms. The highest BCUT2D eigenvalue weighted by molar-refractivity contribution is 5.95. The Bertz CT molecular complexity index is 1050. The fraction of sp³-hybridized carbons (Fsp3) is 0.640. The van der Waals surface area contributed by atoms with Crippen molar-refractivity contribution in [2.24, 2.45) is 11.8 Å². The molecule has 2 fully saturated rings. The molecule has 2 aliphatic heterocycles. The number of nitrogens with zero attached hydrogens (tertiary/aromatic N) is 4. The monoisotopic (exact) mass is 511 g/mol. The van der Waals surface area contributed by atoms with Gasteiger partial charge < -0.3 is 24.4 Å². The van der Waals surface area contributed by atoms with Gasteiger partial charge in [-0.15, -0.1) is 0 Å². The number of hydrogen-bond donors (Lipinski definition) is 1. The van der Waals surface area contributed by atoms with Gasteiger partial charge in [-0.1, -0.05) is 33.4 Å². The quantitative estimate of drug-likeness (QED) is 0.645. The third-order valence-electron chi connectivity index (χ3n) is 6.45. The van der Waals surface area contributed by atoms with E-state index < -0.39 is 18.6 Å². The molecule has 36 heavy (non-hydrogen) atoms. The van der Waals surface area contributed by atoms with Crippen molar-refractivity contribution in [1.29, 1.82) is 0 Å². The Morgan fingerprint density at radius 1 is 1.19 bits per heavy atom. The summed E-state index contributed by atoms with van der Waals surface area (Å²) in [5, 5.41) is 3.26. The molecule has 0 unspecified atom stereocenters. The second-order valence-electron chi connectivity index (χ2n) is 9.66. The van der Waals surface area contributed by atoms with Gasteiger partial charge in [0.1, 0.15) is 6.54 Å². The molecule has 2 amide bonds. The van der Waals surface area contributed by atoms with Crippen molar-refractivity contribution < 1.29 is 27.5 Å². The number of aromatic nitrogens is 2. The first-order chi connectivity index (χ1) is 16.6. The van der Waals surface area contributed by atoms with Gasteiger partial charge in [0, 0.05) is 38.8 Å². The summed E-state index contributed by atoms with van der Waals surface area (Å²) in [6.07, 6.45) is -4.06. The van der Waals surface area contributed by atoms with Crippen molar-refractivity contribution >= 4 is 22.8 Å². The van der Waals surface area contributed by atoms with Gasteiger partial charge in [0.2, 0.25) is 11.7 Å². The maximum atomic E-state index is 13.8. The van der Waals surface area contributed by atoms with Crippen LogP contribution in [-0.4, -0.2) is 89.3 Å². The van der Waals surface area contributed by atoms with Crippen LogP contribution >= 0.6 is 0 Å². The summed E-state index contributed by atoms with van der Waals surface area (Å²) in [7, 11) is 0. The minimum absolute atomic E-state index is 0. The predicted octanol–water partition coefficient (Wildman–Crippen LogP) is 3.17. The first kappa shape index (κ1) is 27.9. The highest BCUT2D eigenvalue weighted by atomic mass is 19.4. The SMILES string of the molecule is C.CC(C)CN(C(=O)c1nc2ccccc2n1CC(F)(F)F)[C@@H]1CNC[C@H](C(=O)N2CCOCC2)C1. The fourth-order valence-corrected chi connectivity index (χ4v) is 4.88. The molecule has 4 rings (SSSR count). The van der Waals surface area contributed by atoms with Crippen LogP contribution in [0.5, 0.6) is 0 Å². The van der Waals surface area contributed by atoms with Gasteiger partial charge in [-0.05, 0) is 24.5 Å². The Morgan fingerprint density at radius 2 is 1.89 bits per heavy atom. The van der Waals surface area contributed by atoms with Crippen molar-refractivity contribution in [3.8, 4) is 0 Å². The van der Waals surface area contributed by atoms with Crippen LogP contribution in [0.25, 0.3) is 11.0 Å². The van der Waals surface area contributed by atoms with Crippen molar-refractivity contribution in [3.05, 3.63) is 30.1 Å². The lowest BCUT2D eigenvalue weighted by molar-refractivity contribution is -0.141. The van der Waals surface area contributed by atoms with Gasteiger partial charge in [-0.2, -0.15) is 13.2 Å². The fourth-order valence-electron chi connectivity index (χ4n) is 4.88. The molecule has 3 heterocycles. The summed E-state index contributed by atoms with van der Waals surface area (Å²) < 4.78 is 46.6. The van der Waals surface area contributed by atoms with Crippen LogP contribution in [0.2, 0.25) is 0 Å². The van der Waals surface area contributed by atoms with Crippen molar-refractivity contribution in [3.63, 3.8) is 0 Å². The first-order valence-electron chi connectivity index (χ1n) is 12.0. The Balaban J connectivity index is 0.00000361. The van der Waals surface area contributed by atoms with Crippen LogP contribution in [0.4, 0.5) is 13.2 Å². The van der Waals surface area contributed by atoms with Crippen LogP contribution in [0.1, 0.15) is 38.3 Å². The van der Waals surface area contributed by atoms with E-state index in [1.165, 1.54) is 6.07 Å². The van der Waals surface area contributed by atoms with Crippen LogP contribution in [0, 0.1) is 11.8 Å². The molecule has 0 spiro atoms. The number of imidazole rings is 1. The van der Waals surface area contributed by atoms with Gasteiger partial charge in [-0.25, -0.2) is 4.98 Å². The van der Waals surface area contributed by atoms with Gasteiger partial charge in [0.05, 0.1) is 30.2 Å². The highest BCUT2D eigenvalue weighted by Crippen LogP contribution is 2.27. The number of nitrogens with one attached hydrogen (secondary N) is 1. The second kappa shape index (κ2) is 11.6. The number of alkyl halides is 3. The summed E-state index contributed by atoms with van der Waals surface area (Å²) >= 11 is 0. The van der Waals surface area contributed by atoms with E-state index in [1.807, 2.05) is 13.8 Å². The molecule has 2 atom stereocenters.